The minimum atomic E-state index is -1.21. The van der Waals surface area contributed by atoms with Gasteiger partial charge in [-0.25, -0.2) is 0 Å². The third-order valence-electron chi connectivity index (χ3n) is 5.50. The Balaban J connectivity index is 1.78. The number of nitrogens with zero attached hydrogens (tertiary/aromatic N) is 1. The normalized spacial score (nSPS) is 17.7. The van der Waals surface area contributed by atoms with Crippen molar-refractivity contribution in [2.45, 2.75) is 37.4 Å². The first-order valence-corrected chi connectivity index (χ1v) is 10.3. The molecule has 3 amide bonds. The van der Waals surface area contributed by atoms with Gasteiger partial charge >= 0.3 is 5.97 Å². The van der Waals surface area contributed by atoms with Crippen LogP contribution in [0.2, 0.25) is 0 Å². The number of carboxylic acids is 1. The number of fused-ring (bicyclic) bond motifs is 1. The Bertz CT molecular complexity index is 1010. The van der Waals surface area contributed by atoms with Crippen molar-refractivity contribution in [2.24, 2.45) is 5.73 Å². The van der Waals surface area contributed by atoms with Gasteiger partial charge in [0.15, 0.2) is 0 Å². The summed E-state index contributed by atoms with van der Waals surface area (Å²) in [6.45, 7) is -0.800. The van der Waals surface area contributed by atoms with E-state index in [4.69, 9.17) is 15.9 Å². The van der Waals surface area contributed by atoms with Crippen molar-refractivity contribution in [2.75, 3.05) is 19.7 Å². The van der Waals surface area contributed by atoms with Gasteiger partial charge in [0.1, 0.15) is 24.7 Å². The van der Waals surface area contributed by atoms with E-state index in [2.05, 4.69) is 15.6 Å². The highest BCUT2D eigenvalue weighted by atomic mass is 16.4. The minimum absolute atomic E-state index is 0.123. The van der Waals surface area contributed by atoms with Crippen molar-refractivity contribution >= 4 is 34.6 Å². The van der Waals surface area contributed by atoms with E-state index in [1.807, 2.05) is 24.3 Å². The zero-order chi connectivity index (χ0) is 23.3. The molecular weight excluding hydrogens is 418 g/mol. The van der Waals surface area contributed by atoms with Gasteiger partial charge in [0.2, 0.25) is 17.7 Å². The molecule has 3 rings (SSSR count). The Morgan fingerprint density at radius 3 is 2.72 bits per heavy atom. The zero-order valence-electron chi connectivity index (χ0n) is 17.4. The maximum Gasteiger partial charge on any atom is 0.322 e. The molecule has 1 fully saturated rings. The number of aliphatic carboxylic acids is 1. The molecular formula is C21H27N5O6. The van der Waals surface area contributed by atoms with Crippen LogP contribution in [0.25, 0.3) is 10.9 Å². The molecule has 2 heterocycles. The highest BCUT2D eigenvalue weighted by molar-refractivity contribution is 5.94. The Labute approximate surface area is 183 Å². The number of carbonyl (C=O) groups is 4. The fourth-order valence-electron chi connectivity index (χ4n) is 3.88. The summed E-state index contributed by atoms with van der Waals surface area (Å²) in [5.41, 5.74) is 7.26. The zero-order valence-corrected chi connectivity index (χ0v) is 17.4. The number of likely N-dealkylation sites (tertiary alicyclic amines) is 1. The molecule has 0 spiro atoms. The number of nitrogens with two attached hydrogens (primary N) is 1. The van der Waals surface area contributed by atoms with Crippen LogP contribution in [0.15, 0.2) is 30.5 Å². The van der Waals surface area contributed by atoms with Crippen molar-refractivity contribution < 1.29 is 29.4 Å². The summed E-state index contributed by atoms with van der Waals surface area (Å²) in [4.78, 5) is 53.4. The lowest BCUT2D eigenvalue weighted by atomic mass is 10.0. The first-order chi connectivity index (χ1) is 15.3. The van der Waals surface area contributed by atoms with Crippen LogP contribution in [0.1, 0.15) is 18.4 Å². The van der Waals surface area contributed by atoms with Crippen LogP contribution in [0, 0.1) is 0 Å². The molecule has 2 aromatic rings. The summed E-state index contributed by atoms with van der Waals surface area (Å²) in [6, 6.07) is 4.48. The van der Waals surface area contributed by atoms with Gasteiger partial charge in [-0.1, -0.05) is 18.2 Å². The standard InChI is InChI=1S/C21H27N5O6/c22-14(11-27)21(32)26-7-3-6-17(26)20(31)25-16(19(30)24-10-18(28)29)8-12-9-23-15-5-2-1-4-13(12)15/h1-2,4-5,9,14,16-17,23,27H,3,6-8,10-11,22H2,(H,24,30)(H,25,31)(H,28,29). The highest BCUT2D eigenvalue weighted by Gasteiger charge is 2.37. The van der Waals surface area contributed by atoms with Gasteiger partial charge < -0.3 is 36.5 Å². The maximum absolute atomic E-state index is 13.0. The number of hydrogen-bond acceptors (Lipinski definition) is 6. The van der Waals surface area contributed by atoms with Crippen LogP contribution in [0.3, 0.4) is 0 Å². The number of aromatic amines is 1. The molecule has 3 unspecified atom stereocenters. The number of para-hydroxylation sites is 1. The van der Waals surface area contributed by atoms with E-state index in [-0.39, 0.29) is 6.42 Å². The predicted molar refractivity (Wildman–Crippen MR) is 114 cm³/mol. The average Bonchev–Trinajstić information content (AvgIpc) is 3.43. The molecule has 1 saturated heterocycles. The summed E-state index contributed by atoms with van der Waals surface area (Å²) >= 11 is 0. The molecule has 0 saturated carbocycles. The largest absolute Gasteiger partial charge is 0.480 e. The van der Waals surface area contributed by atoms with E-state index >= 15 is 0 Å². The molecule has 32 heavy (non-hydrogen) atoms. The summed E-state index contributed by atoms with van der Waals surface area (Å²) in [5, 5.41) is 23.9. The van der Waals surface area contributed by atoms with Gasteiger partial charge in [0.25, 0.3) is 0 Å². The topological polar surface area (TPSA) is 178 Å². The van der Waals surface area contributed by atoms with Crippen LogP contribution in [-0.4, -0.2) is 81.6 Å². The Hall–Kier alpha value is -3.44. The van der Waals surface area contributed by atoms with Gasteiger partial charge in [0.05, 0.1) is 6.61 Å². The molecule has 172 valence electrons. The number of carbonyl (C=O) groups excluding carboxylic acids is 3. The molecule has 3 atom stereocenters. The number of benzene rings is 1. The third kappa shape index (κ3) is 5.24. The van der Waals surface area contributed by atoms with Gasteiger partial charge in [-0.2, -0.15) is 0 Å². The number of aromatic nitrogens is 1. The smallest absolute Gasteiger partial charge is 0.322 e. The monoisotopic (exact) mass is 445 g/mol. The molecule has 1 aliphatic heterocycles. The molecule has 0 radical (unpaired) electrons. The van der Waals surface area contributed by atoms with E-state index in [9.17, 15) is 19.2 Å². The number of nitrogens with one attached hydrogen (secondary N) is 3. The van der Waals surface area contributed by atoms with E-state index in [0.29, 0.717) is 19.4 Å². The Morgan fingerprint density at radius 2 is 2.00 bits per heavy atom. The van der Waals surface area contributed by atoms with Crippen LogP contribution in [0.5, 0.6) is 0 Å². The van der Waals surface area contributed by atoms with Crippen molar-refractivity contribution in [1.29, 1.82) is 0 Å². The number of H-pyrrole nitrogens is 1. The molecule has 0 aliphatic carbocycles. The molecule has 11 nitrogen and oxygen atoms in total. The third-order valence-corrected chi connectivity index (χ3v) is 5.50. The lowest BCUT2D eigenvalue weighted by Crippen LogP contribution is -2.56. The lowest BCUT2D eigenvalue weighted by molar-refractivity contribution is -0.141. The predicted octanol–water partition coefficient (Wildman–Crippen LogP) is -1.29. The molecule has 0 bridgehead atoms. The number of hydrogen-bond donors (Lipinski definition) is 6. The van der Waals surface area contributed by atoms with Crippen molar-refractivity contribution in [3.63, 3.8) is 0 Å². The van der Waals surface area contributed by atoms with Crippen LogP contribution in [-0.2, 0) is 25.6 Å². The van der Waals surface area contributed by atoms with Crippen LogP contribution in [0.4, 0.5) is 0 Å². The summed E-state index contributed by atoms with van der Waals surface area (Å²) in [5.74, 6) is -2.92. The summed E-state index contributed by atoms with van der Waals surface area (Å²) in [6.07, 6.45) is 2.84. The molecule has 1 aromatic heterocycles. The van der Waals surface area contributed by atoms with Crippen LogP contribution >= 0.6 is 0 Å². The SMILES string of the molecule is NC(CO)C(=O)N1CCCC1C(=O)NC(Cc1c[nH]c2ccccc12)C(=O)NCC(=O)O. The van der Waals surface area contributed by atoms with Gasteiger partial charge in [-0.05, 0) is 24.5 Å². The molecule has 1 aliphatic rings. The summed E-state index contributed by atoms with van der Waals surface area (Å²) < 4.78 is 0. The second-order valence-electron chi connectivity index (χ2n) is 7.72. The fourth-order valence-corrected chi connectivity index (χ4v) is 3.88. The van der Waals surface area contributed by atoms with Gasteiger partial charge in [-0.3, -0.25) is 19.2 Å². The number of aliphatic hydroxyl groups is 1. The number of aliphatic hydroxyl groups excluding tert-OH is 1. The fraction of sp³-hybridized carbons (Fsp3) is 0.429. The Kier molecular flexibility index (Phi) is 7.44. The number of amides is 3. The van der Waals surface area contributed by atoms with Crippen molar-refractivity contribution in [3.8, 4) is 0 Å². The van der Waals surface area contributed by atoms with Crippen LogP contribution < -0.4 is 16.4 Å². The second kappa shape index (κ2) is 10.2. The second-order valence-corrected chi connectivity index (χ2v) is 7.72. The first-order valence-electron chi connectivity index (χ1n) is 10.3. The van der Waals surface area contributed by atoms with Crippen molar-refractivity contribution in [3.05, 3.63) is 36.0 Å². The number of rotatable bonds is 9. The van der Waals surface area contributed by atoms with E-state index in [1.54, 1.807) is 6.20 Å². The maximum atomic E-state index is 13.0. The van der Waals surface area contributed by atoms with Crippen molar-refractivity contribution in [1.82, 2.24) is 20.5 Å². The van der Waals surface area contributed by atoms with Gasteiger partial charge in [0, 0.05) is 30.1 Å². The number of carboxylic acid groups (broad SMARTS) is 1. The highest BCUT2D eigenvalue weighted by Crippen LogP contribution is 2.21. The first kappa shape index (κ1) is 23.2. The summed E-state index contributed by atoms with van der Waals surface area (Å²) in [7, 11) is 0. The average molecular weight is 445 g/mol. The molecule has 7 N–H and O–H groups in total. The molecule has 1 aromatic carbocycles. The molecule has 11 heteroatoms. The quantitative estimate of drug-likeness (QED) is 0.278. The minimum Gasteiger partial charge on any atom is -0.480 e. The van der Waals surface area contributed by atoms with E-state index in [1.165, 1.54) is 4.90 Å². The van der Waals surface area contributed by atoms with E-state index < -0.39 is 55.0 Å². The Morgan fingerprint density at radius 1 is 1.25 bits per heavy atom. The lowest BCUT2D eigenvalue weighted by Gasteiger charge is -2.27. The van der Waals surface area contributed by atoms with Gasteiger partial charge in [-0.15, -0.1) is 0 Å². The van der Waals surface area contributed by atoms with E-state index in [0.717, 1.165) is 16.5 Å².